The fraction of sp³-hybridized carbons (Fsp3) is 0.500. The van der Waals surface area contributed by atoms with Crippen molar-refractivity contribution in [3.63, 3.8) is 0 Å². The number of amides is 1. The molecule has 4 nitrogen and oxygen atoms in total. The van der Waals surface area contributed by atoms with Crippen molar-refractivity contribution in [2.24, 2.45) is 0 Å². The van der Waals surface area contributed by atoms with Crippen LogP contribution in [0.25, 0.3) is 0 Å². The second-order valence-corrected chi connectivity index (χ2v) is 4.59. The molecule has 0 saturated heterocycles. The number of anilines is 1. The number of hydrogen-bond acceptors (Lipinski definition) is 3. The molecule has 0 aromatic heterocycles. The summed E-state index contributed by atoms with van der Waals surface area (Å²) in [5, 5.41) is 11.3. The van der Waals surface area contributed by atoms with Gasteiger partial charge in [-0.05, 0) is 37.5 Å². The number of hydrogen-bond donors (Lipinski definition) is 3. The van der Waals surface area contributed by atoms with Gasteiger partial charge in [-0.25, -0.2) is 4.39 Å². The summed E-state index contributed by atoms with van der Waals surface area (Å²) in [4.78, 5) is 11.8. The summed E-state index contributed by atoms with van der Waals surface area (Å²) < 4.78 is 13.8. The van der Waals surface area contributed by atoms with E-state index in [0.717, 1.165) is 25.7 Å². The Morgan fingerprint density at radius 1 is 1.32 bits per heavy atom. The molecule has 0 aliphatic rings. The van der Waals surface area contributed by atoms with Crippen LogP contribution in [-0.2, 0) is 0 Å². The van der Waals surface area contributed by atoms with E-state index in [9.17, 15) is 9.18 Å². The molecular weight excluding hydrogens is 247 g/mol. The second-order valence-electron chi connectivity index (χ2n) is 4.59. The van der Waals surface area contributed by atoms with Gasteiger partial charge >= 0.3 is 0 Å². The fourth-order valence-corrected chi connectivity index (χ4v) is 1.85. The molecule has 0 spiro atoms. The van der Waals surface area contributed by atoms with Gasteiger partial charge in [-0.15, -0.1) is 0 Å². The number of aliphatic hydroxyl groups is 1. The van der Waals surface area contributed by atoms with E-state index in [1.807, 2.05) is 0 Å². The minimum Gasteiger partial charge on any atom is -0.399 e. The van der Waals surface area contributed by atoms with Crippen LogP contribution in [0.3, 0.4) is 0 Å². The summed E-state index contributed by atoms with van der Waals surface area (Å²) in [6.07, 6.45) is 3.45. The molecule has 1 aromatic rings. The molecule has 1 amide bonds. The van der Waals surface area contributed by atoms with Gasteiger partial charge in [-0.3, -0.25) is 4.79 Å². The first-order valence-electron chi connectivity index (χ1n) is 6.51. The Hall–Kier alpha value is -1.62. The lowest BCUT2D eigenvalue weighted by atomic mass is 10.1. The lowest BCUT2D eigenvalue weighted by Crippen LogP contribution is -2.25. The zero-order valence-corrected chi connectivity index (χ0v) is 11.2. The van der Waals surface area contributed by atoms with Crippen LogP contribution >= 0.6 is 0 Å². The van der Waals surface area contributed by atoms with E-state index < -0.39 is 11.7 Å². The minimum absolute atomic E-state index is 0.00661. The van der Waals surface area contributed by atoms with Crippen molar-refractivity contribution in [3.05, 3.63) is 29.1 Å². The average molecular weight is 268 g/mol. The van der Waals surface area contributed by atoms with E-state index in [2.05, 4.69) is 5.32 Å². The molecule has 0 aliphatic heterocycles. The first-order chi connectivity index (χ1) is 9.06. The molecule has 19 heavy (non-hydrogen) atoms. The van der Waals surface area contributed by atoms with Crippen LogP contribution in [0.5, 0.6) is 0 Å². The van der Waals surface area contributed by atoms with Crippen LogP contribution in [0.2, 0.25) is 0 Å². The maximum atomic E-state index is 13.8. The predicted molar refractivity (Wildman–Crippen MR) is 73.4 cm³/mol. The molecule has 0 heterocycles. The number of aliphatic hydroxyl groups excluding tert-OH is 1. The number of rotatable bonds is 7. The van der Waals surface area contributed by atoms with Gasteiger partial charge in [0.05, 0.1) is 5.56 Å². The topological polar surface area (TPSA) is 75.4 Å². The third-order valence-electron chi connectivity index (χ3n) is 2.89. The third-order valence-corrected chi connectivity index (χ3v) is 2.89. The van der Waals surface area contributed by atoms with Gasteiger partial charge in [0, 0.05) is 18.8 Å². The van der Waals surface area contributed by atoms with Gasteiger partial charge in [0.15, 0.2) is 0 Å². The van der Waals surface area contributed by atoms with Gasteiger partial charge in [-0.1, -0.05) is 12.8 Å². The van der Waals surface area contributed by atoms with Crippen LogP contribution in [0.4, 0.5) is 10.1 Å². The molecule has 0 atom stereocenters. The summed E-state index contributed by atoms with van der Waals surface area (Å²) in [6.45, 7) is 2.27. The van der Waals surface area contributed by atoms with Crippen LogP contribution < -0.4 is 11.1 Å². The standard InChI is InChI=1S/C14H21FN2O2/c1-10-8-11(16)9-12(13(10)15)14(19)17-6-4-2-3-5-7-18/h8-9,18H,2-7,16H2,1H3,(H,17,19). The highest BCUT2D eigenvalue weighted by atomic mass is 19.1. The summed E-state index contributed by atoms with van der Waals surface area (Å²) in [5.74, 6) is -0.956. The number of nitrogens with two attached hydrogens (primary N) is 1. The Morgan fingerprint density at radius 3 is 2.68 bits per heavy atom. The van der Waals surface area contributed by atoms with E-state index >= 15 is 0 Å². The van der Waals surface area contributed by atoms with Crippen LogP contribution in [-0.4, -0.2) is 24.2 Å². The van der Waals surface area contributed by atoms with Crippen molar-refractivity contribution in [1.82, 2.24) is 5.32 Å². The smallest absolute Gasteiger partial charge is 0.254 e. The lowest BCUT2D eigenvalue weighted by molar-refractivity contribution is 0.0948. The normalized spacial score (nSPS) is 10.5. The Balaban J connectivity index is 2.46. The number of nitrogens with one attached hydrogen (secondary N) is 1. The molecule has 0 unspecified atom stereocenters. The molecule has 1 rings (SSSR count). The van der Waals surface area contributed by atoms with Crippen molar-refractivity contribution in [3.8, 4) is 0 Å². The van der Waals surface area contributed by atoms with Crippen molar-refractivity contribution in [1.29, 1.82) is 0 Å². The highest BCUT2D eigenvalue weighted by Crippen LogP contribution is 2.16. The summed E-state index contributed by atoms with van der Waals surface area (Å²) in [5.41, 5.74) is 6.35. The van der Waals surface area contributed by atoms with Gasteiger partial charge in [-0.2, -0.15) is 0 Å². The highest BCUT2D eigenvalue weighted by Gasteiger charge is 2.13. The molecule has 0 aliphatic carbocycles. The first-order valence-corrected chi connectivity index (χ1v) is 6.51. The minimum atomic E-state index is -0.521. The van der Waals surface area contributed by atoms with Crippen LogP contribution in [0.15, 0.2) is 12.1 Å². The molecule has 5 heteroatoms. The highest BCUT2D eigenvalue weighted by molar-refractivity contribution is 5.95. The molecule has 0 bridgehead atoms. The molecule has 4 N–H and O–H groups in total. The van der Waals surface area contributed by atoms with E-state index in [0.29, 0.717) is 17.8 Å². The van der Waals surface area contributed by atoms with E-state index in [1.54, 1.807) is 6.92 Å². The predicted octanol–water partition coefficient (Wildman–Crippen LogP) is 2.00. The number of carbonyl (C=O) groups excluding carboxylic acids is 1. The molecule has 0 saturated carbocycles. The summed E-state index contributed by atoms with van der Waals surface area (Å²) in [7, 11) is 0. The number of halogens is 1. The summed E-state index contributed by atoms with van der Waals surface area (Å²) in [6, 6.07) is 2.85. The van der Waals surface area contributed by atoms with E-state index in [-0.39, 0.29) is 12.2 Å². The van der Waals surface area contributed by atoms with Crippen molar-refractivity contribution in [2.75, 3.05) is 18.9 Å². The maximum Gasteiger partial charge on any atom is 0.254 e. The fourth-order valence-electron chi connectivity index (χ4n) is 1.85. The Morgan fingerprint density at radius 2 is 2.00 bits per heavy atom. The number of carbonyl (C=O) groups is 1. The quantitative estimate of drug-likeness (QED) is 0.523. The monoisotopic (exact) mass is 268 g/mol. The van der Waals surface area contributed by atoms with Gasteiger partial charge < -0.3 is 16.2 Å². The maximum absolute atomic E-state index is 13.8. The Kier molecular flexibility index (Phi) is 6.29. The SMILES string of the molecule is Cc1cc(N)cc(C(=O)NCCCCCCO)c1F. The van der Waals surface area contributed by atoms with Crippen LogP contribution in [0.1, 0.15) is 41.6 Å². The Labute approximate surface area is 112 Å². The number of benzene rings is 1. The van der Waals surface area contributed by atoms with Gasteiger partial charge in [0.2, 0.25) is 0 Å². The molecule has 0 radical (unpaired) electrons. The largest absolute Gasteiger partial charge is 0.399 e. The summed E-state index contributed by atoms with van der Waals surface area (Å²) >= 11 is 0. The van der Waals surface area contributed by atoms with Gasteiger partial charge in [0.25, 0.3) is 5.91 Å². The third kappa shape index (κ3) is 4.87. The van der Waals surface area contributed by atoms with Crippen molar-refractivity contribution >= 4 is 11.6 Å². The number of nitrogen functional groups attached to an aromatic ring is 1. The number of unbranched alkanes of at least 4 members (excludes halogenated alkanes) is 3. The van der Waals surface area contributed by atoms with E-state index in [1.165, 1.54) is 12.1 Å². The molecule has 106 valence electrons. The van der Waals surface area contributed by atoms with Gasteiger partial charge in [0.1, 0.15) is 5.82 Å². The zero-order valence-electron chi connectivity index (χ0n) is 11.2. The van der Waals surface area contributed by atoms with Crippen molar-refractivity contribution < 1.29 is 14.3 Å². The second kappa shape index (κ2) is 7.74. The van der Waals surface area contributed by atoms with E-state index in [4.69, 9.17) is 10.8 Å². The van der Waals surface area contributed by atoms with Crippen molar-refractivity contribution in [2.45, 2.75) is 32.6 Å². The first kappa shape index (κ1) is 15.4. The molecule has 1 aromatic carbocycles. The average Bonchev–Trinajstić information content (AvgIpc) is 2.37. The lowest BCUT2D eigenvalue weighted by Gasteiger charge is -2.08. The zero-order chi connectivity index (χ0) is 14.3. The number of aryl methyl sites for hydroxylation is 1. The molecule has 0 fully saturated rings. The molecular formula is C14H21FN2O2. The Bertz CT molecular complexity index is 436. The van der Waals surface area contributed by atoms with Crippen LogP contribution in [0, 0.1) is 12.7 Å².